The minimum Gasteiger partial charge on any atom is -0.495 e. The fraction of sp³-hybridized carbons (Fsp3) is 0.562. The van der Waals surface area contributed by atoms with Crippen molar-refractivity contribution in [2.75, 3.05) is 31.8 Å². The summed E-state index contributed by atoms with van der Waals surface area (Å²) in [5, 5.41) is 6.19. The Morgan fingerprint density at radius 3 is 2.71 bits per heavy atom. The molecule has 1 aromatic rings. The molecule has 2 rings (SSSR count). The van der Waals surface area contributed by atoms with Crippen molar-refractivity contribution in [1.29, 1.82) is 0 Å². The summed E-state index contributed by atoms with van der Waals surface area (Å²) in [5.74, 6) is 0.649. The van der Waals surface area contributed by atoms with Gasteiger partial charge in [0.25, 0.3) is 0 Å². The first-order valence-electron chi connectivity index (χ1n) is 7.38. The lowest BCUT2D eigenvalue weighted by atomic mass is 10.1. The van der Waals surface area contributed by atoms with Gasteiger partial charge in [-0.15, -0.1) is 0 Å². The lowest BCUT2D eigenvalue weighted by molar-refractivity contribution is -0.115. The number of methoxy groups -OCH3 is 1. The van der Waals surface area contributed by atoms with Crippen LogP contribution in [0.3, 0.4) is 0 Å². The number of thioether (sulfide) groups is 1. The van der Waals surface area contributed by atoms with Gasteiger partial charge in [-0.1, -0.05) is 25.0 Å². The molecular weight excluding hydrogens is 284 g/mol. The summed E-state index contributed by atoms with van der Waals surface area (Å²) in [5.41, 5.74) is 0.715. The van der Waals surface area contributed by atoms with Crippen LogP contribution in [0, 0.1) is 0 Å². The molecule has 4 nitrogen and oxygen atoms in total. The Labute approximate surface area is 131 Å². The number of para-hydroxylation sites is 2. The van der Waals surface area contributed by atoms with Gasteiger partial charge >= 0.3 is 0 Å². The van der Waals surface area contributed by atoms with Crippen molar-refractivity contribution in [2.24, 2.45) is 0 Å². The molecule has 21 heavy (non-hydrogen) atoms. The van der Waals surface area contributed by atoms with E-state index in [2.05, 4.69) is 16.9 Å². The Morgan fingerprint density at radius 2 is 2.05 bits per heavy atom. The van der Waals surface area contributed by atoms with Crippen LogP contribution in [0.2, 0.25) is 0 Å². The quantitative estimate of drug-likeness (QED) is 0.813. The summed E-state index contributed by atoms with van der Waals surface area (Å²) in [6.45, 7) is 1.23. The van der Waals surface area contributed by atoms with E-state index in [1.54, 1.807) is 7.11 Å². The van der Waals surface area contributed by atoms with E-state index in [4.69, 9.17) is 4.74 Å². The standard InChI is InChI=1S/C16H24N2O2S/c1-20-14-8-4-3-7-13(14)18-15(19)11-17-12-16(21-2)9-5-6-10-16/h3-4,7-8,17H,5-6,9-12H2,1-2H3,(H,18,19). The highest BCUT2D eigenvalue weighted by Crippen LogP contribution is 2.39. The van der Waals surface area contributed by atoms with Crippen molar-refractivity contribution in [1.82, 2.24) is 5.32 Å². The Balaban J connectivity index is 1.79. The number of carbonyl (C=O) groups excluding carboxylic acids is 1. The van der Waals surface area contributed by atoms with Crippen molar-refractivity contribution in [3.05, 3.63) is 24.3 Å². The zero-order chi connectivity index (χ0) is 15.1. The van der Waals surface area contributed by atoms with Gasteiger partial charge in [-0.05, 0) is 31.2 Å². The summed E-state index contributed by atoms with van der Waals surface area (Å²) in [7, 11) is 1.60. The normalized spacial score (nSPS) is 16.7. The molecule has 0 aliphatic heterocycles. The molecule has 116 valence electrons. The number of rotatable bonds is 7. The highest BCUT2D eigenvalue weighted by Gasteiger charge is 2.32. The van der Waals surface area contributed by atoms with Gasteiger partial charge in [0, 0.05) is 11.3 Å². The highest BCUT2D eigenvalue weighted by atomic mass is 32.2. The van der Waals surface area contributed by atoms with E-state index in [1.807, 2.05) is 36.0 Å². The second-order valence-electron chi connectivity index (χ2n) is 5.45. The lowest BCUT2D eigenvalue weighted by Crippen LogP contribution is -2.39. The Bertz CT molecular complexity index is 473. The molecule has 5 heteroatoms. The van der Waals surface area contributed by atoms with Crippen LogP contribution in [0.1, 0.15) is 25.7 Å². The Morgan fingerprint density at radius 1 is 1.33 bits per heavy atom. The molecule has 0 radical (unpaired) electrons. The van der Waals surface area contributed by atoms with E-state index in [0.717, 1.165) is 6.54 Å². The molecule has 1 aliphatic carbocycles. The van der Waals surface area contributed by atoms with E-state index in [0.29, 0.717) is 22.7 Å². The molecule has 2 N–H and O–H groups in total. The molecular formula is C16H24N2O2S. The molecule has 0 saturated heterocycles. The molecule has 1 aromatic carbocycles. The van der Waals surface area contributed by atoms with Crippen LogP contribution in [0.4, 0.5) is 5.69 Å². The second kappa shape index (κ2) is 7.71. The second-order valence-corrected chi connectivity index (χ2v) is 6.72. The summed E-state index contributed by atoms with van der Waals surface area (Å²) < 4.78 is 5.55. The minimum absolute atomic E-state index is 0.0336. The topological polar surface area (TPSA) is 50.4 Å². The van der Waals surface area contributed by atoms with Crippen LogP contribution >= 0.6 is 11.8 Å². The maximum absolute atomic E-state index is 12.0. The third-order valence-electron chi connectivity index (χ3n) is 4.06. The number of hydrogen-bond acceptors (Lipinski definition) is 4. The van der Waals surface area contributed by atoms with Crippen molar-refractivity contribution in [3.8, 4) is 5.75 Å². The molecule has 0 spiro atoms. The molecule has 0 bridgehead atoms. The number of amides is 1. The number of nitrogens with one attached hydrogen (secondary N) is 2. The number of hydrogen-bond donors (Lipinski definition) is 2. The SMILES string of the molecule is COc1ccccc1NC(=O)CNCC1(SC)CCCC1. The lowest BCUT2D eigenvalue weighted by Gasteiger charge is -2.26. The van der Waals surface area contributed by atoms with Crippen LogP contribution < -0.4 is 15.4 Å². The third-order valence-corrected chi connectivity index (χ3v) is 5.48. The van der Waals surface area contributed by atoms with Gasteiger partial charge in [0.05, 0.1) is 19.3 Å². The van der Waals surface area contributed by atoms with Crippen molar-refractivity contribution in [2.45, 2.75) is 30.4 Å². The molecule has 1 aliphatic rings. The average Bonchev–Trinajstić information content (AvgIpc) is 2.97. The summed E-state index contributed by atoms with van der Waals surface area (Å²) in [4.78, 5) is 12.0. The van der Waals surface area contributed by atoms with Crippen LogP contribution in [0.5, 0.6) is 5.75 Å². The number of anilines is 1. The first-order chi connectivity index (χ1) is 10.2. The van der Waals surface area contributed by atoms with Crippen LogP contribution in [0.15, 0.2) is 24.3 Å². The fourth-order valence-electron chi connectivity index (χ4n) is 2.82. The monoisotopic (exact) mass is 308 g/mol. The molecule has 1 amide bonds. The van der Waals surface area contributed by atoms with Gasteiger partial charge in [0.1, 0.15) is 5.75 Å². The number of benzene rings is 1. The van der Waals surface area contributed by atoms with Crippen LogP contribution in [0.25, 0.3) is 0 Å². The van der Waals surface area contributed by atoms with Gasteiger partial charge in [0.2, 0.25) is 5.91 Å². The van der Waals surface area contributed by atoms with Gasteiger partial charge in [0.15, 0.2) is 0 Å². The molecule has 0 unspecified atom stereocenters. The van der Waals surface area contributed by atoms with Crippen molar-refractivity contribution in [3.63, 3.8) is 0 Å². The van der Waals surface area contributed by atoms with Gasteiger partial charge in [-0.25, -0.2) is 0 Å². The molecule has 1 fully saturated rings. The molecule has 0 heterocycles. The smallest absolute Gasteiger partial charge is 0.238 e. The van der Waals surface area contributed by atoms with Gasteiger partial charge in [-0.2, -0.15) is 11.8 Å². The zero-order valence-corrected chi connectivity index (χ0v) is 13.6. The molecule has 0 aromatic heterocycles. The highest BCUT2D eigenvalue weighted by molar-refractivity contribution is 8.00. The maximum Gasteiger partial charge on any atom is 0.238 e. The number of ether oxygens (including phenoxy) is 1. The first kappa shape index (κ1) is 16.2. The van der Waals surface area contributed by atoms with Gasteiger partial charge in [-0.3, -0.25) is 4.79 Å². The van der Waals surface area contributed by atoms with Crippen LogP contribution in [-0.4, -0.2) is 37.1 Å². The predicted octanol–water partition coefficient (Wildman–Crippen LogP) is 2.90. The summed E-state index contributed by atoms with van der Waals surface area (Å²) >= 11 is 1.93. The molecule has 1 saturated carbocycles. The Hall–Kier alpha value is -1.20. The Kier molecular flexibility index (Phi) is 5.94. The minimum atomic E-state index is -0.0336. The average molecular weight is 308 g/mol. The van der Waals surface area contributed by atoms with E-state index in [-0.39, 0.29) is 5.91 Å². The van der Waals surface area contributed by atoms with E-state index in [9.17, 15) is 4.79 Å². The van der Waals surface area contributed by atoms with E-state index in [1.165, 1.54) is 25.7 Å². The largest absolute Gasteiger partial charge is 0.495 e. The predicted molar refractivity (Wildman–Crippen MR) is 89.2 cm³/mol. The zero-order valence-electron chi connectivity index (χ0n) is 12.8. The molecule has 0 atom stereocenters. The number of carbonyl (C=O) groups is 1. The van der Waals surface area contributed by atoms with E-state index >= 15 is 0 Å². The maximum atomic E-state index is 12.0. The van der Waals surface area contributed by atoms with E-state index < -0.39 is 0 Å². The third kappa shape index (κ3) is 4.38. The van der Waals surface area contributed by atoms with Crippen molar-refractivity contribution < 1.29 is 9.53 Å². The summed E-state index contributed by atoms with van der Waals surface area (Å²) in [6, 6.07) is 7.45. The fourth-order valence-corrected chi connectivity index (χ4v) is 3.76. The first-order valence-corrected chi connectivity index (χ1v) is 8.60. The van der Waals surface area contributed by atoms with Crippen molar-refractivity contribution >= 4 is 23.4 Å². The van der Waals surface area contributed by atoms with Crippen LogP contribution in [-0.2, 0) is 4.79 Å². The van der Waals surface area contributed by atoms with Gasteiger partial charge < -0.3 is 15.4 Å². The summed E-state index contributed by atoms with van der Waals surface area (Å²) in [6.07, 6.45) is 7.26.